The molecule has 0 unspecified atom stereocenters. The lowest BCUT2D eigenvalue weighted by molar-refractivity contribution is -0.187. The first-order valence-electron chi connectivity index (χ1n) is 7.05. The minimum Gasteiger partial charge on any atom is -0.455 e. The number of benzene rings is 1. The molecule has 0 fully saturated rings. The average Bonchev–Trinajstić information content (AvgIpc) is 2.53. The molecule has 1 atom stereocenters. The molecular weight excluding hydrogens is 323 g/mol. The third kappa shape index (κ3) is 4.95. The van der Waals surface area contributed by atoms with Crippen LogP contribution >= 0.6 is 0 Å². The number of ether oxygens (including phenoxy) is 1. The molecule has 1 aromatic carbocycles. The Bertz CT molecular complexity index is 702. The molecule has 0 radical (unpaired) electrons. The van der Waals surface area contributed by atoms with Gasteiger partial charge in [-0.25, -0.2) is 4.98 Å². The Kier molecular flexibility index (Phi) is 5.40. The summed E-state index contributed by atoms with van der Waals surface area (Å²) in [6.45, 7) is -1.64. The minimum absolute atomic E-state index is 0.0689. The number of nitrogens with two attached hydrogens (primary N) is 2. The molecule has 0 aliphatic carbocycles. The summed E-state index contributed by atoms with van der Waals surface area (Å²) in [4.78, 5) is 15.4. The maximum absolute atomic E-state index is 12.0. The molecule has 4 N–H and O–H groups in total. The fraction of sp³-hybridized carbons (Fsp3) is 0.250. The maximum Gasteiger partial charge on any atom is 0.422 e. The number of esters is 1. The van der Waals surface area contributed by atoms with Gasteiger partial charge in [0.1, 0.15) is 11.9 Å². The van der Waals surface area contributed by atoms with Crippen molar-refractivity contribution in [2.75, 3.05) is 12.3 Å². The van der Waals surface area contributed by atoms with E-state index in [1.54, 1.807) is 36.5 Å². The monoisotopic (exact) mass is 339 g/mol. The molecule has 0 spiro atoms. The van der Waals surface area contributed by atoms with Crippen molar-refractivity contribution in [3.8, 4) is 11.1 Å². The lowest BCUT2D eigenvalue weighted by Crippen LogP contribution is -2.36. The molecule has 2 aromatic rings. The number of rotatable bonds is 5. The lowest BCUT2D eigenvalue weighted by atomic mass is 10.0. The Balaban J connectivity index is 1.99. The molecule has 8 heteroatoms. The Morgan fingerprint density at radius 1 is 1.21 bits per heavy atom. The van der Waals surface area contributed by atoms with Gasteiger partial charge in [-0.2, -0.15) is 13.2 Å². The molecule has 1 heterocycles. The van der Waals surface area contributed by atoms with Gasteiger partial charge in [0.2, 0.25) is 0 Å². The predicted octanol–water partition coefficient (Wildman–Crippen LogP) is 2.31. The number of alkyl halides is 3. The van der Waals surface area contributed by atoms with E-state index in [9.17, 15) is 18.0 Å². The van der Waals surface area contributed by atoms with Crippen LogP contribution in [0.25, 0.3) is 11.1 Å². The van der Waals surface area contributed by atoms with E-state index in [1.807, 2.05) is 6.07 Å². The average molecular weight is 339 g/mol. The van der Waals surface area contributed by atoms with Crippen molar-refractivity contribution < 1.29 is 22.7 Å². The van der Waals surface area contributed by atoms with Crippen molar-refractivity contribution in [2.24, 2.45) is 5.73 Å². The topological polar surface area (TPSA) is 91.2 Å². The van der Waals surface area contributed by atoms with Gasteiger partial charge in [0.15, 0.2) is 6.61 Å². The third-order valence-corrected chi connectivity index (χ3v) is 3.24. The molecule has 1 aromatic heterocycles. The van der Waals surface area contributed by atoms with Crippen molar-refractivity contribution in [1.82, 2.24) is 4.98 Å². The second-order valence-electron chi connectivity index (χ2n) is 5.17. The number of aromatic nitrogens is 1. The van der Waals surface area contributed by atoms with Gasteiger partial charge in [0.05, 0.1) is 0 Å². The van der Waals surface area contributed by atoms with Crippen LogP contribution in [0.4, 0.5) is 19.0 Å². The summed E-state index contributed by atoms with van der Waals surface area (Å²) in [6, 6.07) is 9.40. The molecule has 0 aliphatic heterocycles. The molecule has 0 saturated heterocycles. The standard InChI is InChI=1S/C16H16F3N3O2/c17-16(18,19)9-24-15(23)13(20)8-10-3-5-11(6-4-10)12-2-1-7-22-14(12)21/h1-7,13H,8-9,20H2,(H2,21,22)/t13-/m0/s1. The molecule has 0 aliphatic rings. The van der Waals surface area contributed by atoms with E-state index in [0.717, 1.165) is 11.1 Å². The summed E-state index contributed by atoms with van der Waals surface area (Å²) >= 11 is 0. The molecular formula is C16H16F3N3O2. The van der Waals surface area contributed by atoms with Crippen molar-refractivity contribution >= 4 is 11.8 Å². The maximum atomic E-state index is 12.0. The smallest absolute Gasteiger partial charge is 0.422 e. The number of pyridine rings is 1. The van der Waals surface area contributed by atoms with Crippen LogP contribution in [0, 0.1) is 0 Å². The molecule has 24 heavy (non-hydrogen) atoms. The number of anilines is 1. The van der Waals surface area contributed by atoms with Gasteiger partial charge in [-0.05, 0) is 29.7 Å². The Morgan fingerprint density at radius 3 is 2.46 bits per heavy atom. The Labute approximate surface area is 136 Å². The number of carbonyl (C=O) groups excluding carboxylic acids is 1. The summed E-state index contributed by atoms with van der Waals surface area (Å²) in [5.74, 6) is -0.703. The Morgan fingerprint density at radius 2 is 1.88 bits per heavy atom. The highest BCUT2D eigenvalue weighted by Gasteiger charge is 2.30. The number of hydrogen-bond donors (Lipinski definition) is 2. The number of carbonyl (C=O) groups is 1. The van der Waals surface area contributed by atoms with E-state index < -0.39 is 24.8 Å². The van der Waals surface area contributed by atoms with E-state index in [-0.39, 0.29) is 6.42 Å². The molecule has 5 nitrogen and oxygen atoms in total. The normalized spacial score (nSPS) is 12.7. The van der Waals surface area contributed by atoms with Crippen LogP contribution in [0.5, 0.6) is 0 Å². The van der Waals surface area contributed by atoms with Crippen molar-refractivity contribution in [2.45, 2.75) is 18.6 Å². The van der Waals surface area contributed by atoms with Crippen LogP contribution in [0.1, 0.15) is 5.56 Å². The van der Waals surface area contributed by atoms with E-state index in [1.165, 1.54) is 0 Å². The quantitative estimate of drug-likeness (QED) is 0.816. The molecule has 0 bridgehead atoms. The minimum atomic E-state index is -4.57. The number of nitrogen functional groups attached to an aromatic ring is 1. The second-order valence-corrected chi connectivity index (χ2v) is 5.17. The van der Waals surface area contributed by atoms with Crippen LogP contribution < -0.4 is 11.5 Å². The molecule has 0 saturated carbocycles. The summed E-state index contributed by atoms with van der Waals surface area (Å²) in [5, 5.41) is 0. The van der Waals surface area contributed by atoms with Crippen molar-refractivity contribution in [1.29, 1.82) is 0 Å². The molecule has 0 amide bonds. The van der Waals surface area contributed by atoms with Crippen LogP contribution in [-0.4, -0.2) is 29.8 Å². The largest absolute Gasteiger partial charge is 0.455 e. The summed E-state index contributed by atoms with van der Waals surface area (Å²) < 4.78 is 40.2. The van der Waals surface area contributed by atoms with Crippen LogP contribution in [-0.2, 0) is 16.0 Å². The first kappa shape index (κ1) is 17.7. The van der Waals surface area contributed by atoms with Gasteiger partial charge in [0, 0.05) is 11.8 Å². The number of halogens is 3. The van der Waals surface area contributed by atoms with E-state index in [2.05, 4.69) is 9.72 Å². The van der Waals surface area contributed by atoms with Gasteiger partial charge < -0.3 is 16.2 Å². The predicted molar refractivity (Wildman–Crippen MR) is 82.8 cm³/mol. The van der Waals surface area contributed by atoms with Gasteiger partial charge >= 0.3 is 12.1 Å². The summed E-state index contributed by atoms with van der Waals surface area (Å²) in [6.07, 6.45) is -2.92. The van der Waals surface area contributed by atoms with Crippen molar-refractivity contribution in [3.05, 3.63) is 48.2 Å². The SMILES string of the molecule is Nc1ncccc1-c1ccc(C[C@H](N)C(=O)OCC(F)(F)F)cc1. The van der Waals surface area contributed by atoms with Crippen LogP contribution in [0.2, 0.25) is 0 Å². The first-order chi connectivity index (χ1) is 11.3. The van der Waals surface area contributed by atoms with Gasteiger partial charge in [-0.15, -0.1) is 0 Å². The van der Waals surface area contributed by atoms with E-state index in [0.29, 0.717) is 11.4 Å². The zero-order chi connectivity index (χ0) is 17.7. The number of nitrogens with zero attached hydrogens (tertiary/aromatic N) is 1. The summed E-state index contributed by atoms with van der Waals surface area (Å²) in [7, 11) is 0. The fourth-order valence-electron chi connectivity index (χ4n) is 2.08. The van der Waals surface area contributed by atoms with E-state index >= 15 is 0 Å². The number of hydrogen-bond acceptors (Lipinski definition) is 5. The van der Waals surface area contributed by atoms with Crippen molar-refractivity contribution in [3.63, 3.8) is 0 Å². The van der Waals surface area contributed by atoms with Gasteiger partial charge in [-0.1, -0.05) is 24.3 Å². The summed E-state index contributed by atoms with van der Waals surface area (Å²) in [5.41, 5.74) is 13.7. The highest BCUT2D eigenvalue weighted by Crippen LogP contribution is 2.24. The highest BCUT2D eigenvalue weighted by atomic mass is 19.4. The van der Waals surface area contributed by atoms with Gasteiger partial charge in [0.25, 0.3) is 0 Å². The zero-order valence-electron chi connectivity index (χ0n) is 12.6. The van der Waals surface area contributed by atoms with Gasteiger partial charge in [-0.3, -0.25) is 4.79 Å². The zero-order valence-corrected chi connectivity index (χ0v) is 12.6. The lowest BCUT2D eigenvalue weighted by Gasteiger charge is -2.13. The van der Waals surface area contributed by atoms with Crippen LogP contribution in [0.3, 0.4) is 0 Å². The molecule has 128 valence electrons. The first-order valence-corrected chi connectivity index (χ1v) is 7.05. The second kappa shape index (κ2) is 7.31. The van der Waals surface area contributed by atoms with Crippen LogP contribution in [0.15, 0.2) is 42.6 Å². The highest BCUT2D eigenvalue weighted by molar-refractivity contribution is 5.76. The molecule has 2 rings (SSSR count). The van der Waals surface area contributed by atoms with E-state index in [4.69, 9.17) is 11.5 Å². The third-order valence-electron chi connectivity index (χ3n) is 3.24. The fourth-order valence-corrected chi connectivity index (χ4v) is 2.08. The Hall–Kier alpha value is -2.61.